The van der Waals surface area contributed by atoms with E-state index in [-0.39, 0.29) is 6.10 Å². The van der Waals surface area contributed by atoms with E-state index in [0.717, 1.165) is 28.4 Å². The van der Waals surface area contributed by atoms with Crippen LogP contribution in [0.4, 0.5) is 5.69 Å². The van der Waals surface area contributed by atoms with E-state index in [4.69, 9.17) is 21.2 Å². The third-order valence-corrected chi connectivity index (χ3v) is 4.49. The summed E-state index contributed by atoms with van der Waals surface area (Å²) in [5.74, 6) is 1.25. The number of anilines is 1. The summed E-state index contributed by atoms with van der Waals surface area (Å²) in [6.07, 6.45) is 4.39. The van der Waals surface area contributed by atoms with Gasteiger partial charge >= 0.3 is 0 Å². The molecule has 1 aliphatic rings. The molecule has 0 saturated carbocycles. The number of carbonyl (C=O) groups is 1. The highest BCUT2D eigenvalue weighted by molar-refractivity contribution is 6.32. The third-order valence-electron chi connectivity index (χ3n) is 4.19. The highest BCUT2D eigenvalue weighted by atomic mass is 35.5. The maximum atomic E-state index is 11.2. The second kappa shape index (κ2) is 6.98. The number of aromatic nitrogens is 1. The molecule has 0 radical (unpaired) electrons. The lowest BCUT2D eigenvalue weighted by molar-refractivity contribution is 0.112. The van der Waals surface area contributed by atoms with Gasteiger partial charge in [0.2, 0.25) is 0 Å². The van der Waals surface area contributed by atoms with Gasteiger partial charge in [-0.3, -0.25) is 4.79 Å². The molecule has 138 valence electrons. The van der Waals surface area contributed by atoms with Crippen LogP contribution in [0.2, 0.25) is 5.02 Å². The molecule has 0 bridgehead atoms. The summed E-state index contributed by atoms with van der Waals surface area (Å²) in [6.45, 7) is 3.90. The van der Waals surface area contributed by atoms with Gasteiger partial charge in [0.05, 0.1) is 28.5 Å². The number of para-hydroxylation sites is 1. The predicted molar refractivity (Wildman–Crippen MR) is 106 cm³/mol. The van der Waals surface area contributed by atoms with Crippen molar-refractivity contribution in [2.45, 2.75) is 20.0 Å². The van der Waals surface area contributed by atoms with E-state index >= 15 is 0 Å². The zero-order valence-corrected chi connectivity index (χ0v) is 15.6. The van der Waals surface area contributed by atoms with Gasteiger partial charge in [0.1, 0.15) is 5.75 Å². The number of H-pyrrole nitrogens is 1. The summed E-state index contributed by atoms with van der Waals surface area (Å²) in [5, 5.41) is 3.12. The monoisotopic (exact) mass is 383 g/mol. The van der Waals surface area contributed by atoms with Crippen molar-refractivity contribution in [2.75, 3.05) is 5.01 Å². The number of hydrogen-bond donors (Lipinski definition) is 2. The molecule has 0 unspecified atom stereocenters. The molecule has 3 aromatic rings. The molecule has 1 aliphatic heterocycles. The minimum atomic E-state index is 0.0463. The number of carbonyl (C=O) groups excluding carboxylic acids is 1. The third kappa shape index (κ3) is 3.25. The largest absolute Gasteiger partial charge is 0.489 e. The average molecular weight is 384 g/mol. The van der Waals surface area contributed by atoms with E-state index in [0.29, 0.717) is 22.1 Å². The van der Waals surface area contributed by atoms with Crippen LogP contribution >= 0.6 is 11.6 Å². The van der Waals surface area contributed by atoms with Gasteiger partial charge in [-0.2, -0.15) is 0 Å². The summed E-state index contributed by atoms with van der Waals surface area (Å²) in [4.78, 5) is 19.9. The Morgan fingerprint density at radius 3 is 2.85 bits per heavy atom. The predicted octanol–water partition coefficient (Wildman–Crippen LogP) is 4.68. The second-order valence-electron chi connectivity index (χ2n) is 6.43. The fraction of sp³-hybridized carbons (Fsp3) is 0.150. The first-order chi connectivity index (χ1) is 13.1. The van der Waals surface area contributed by atoms with Crippen LogP contribution in [0.5, 0.6) is 5.75 Å². The van der Waals surface area contributed by atoms with E-state index in [1.807, 2.05) is 50.4 Å². The second-order valence-corrected chi connectivity index (χ2v) is 6.84. The van der Waals surface area contributed by atoms with Crippen LogP contribution in [0.15, 0.2) is 48.8 Å². The first-order valence-electron chi connectivity index (χ1n) is 8.52. The molecule has 0 aliphatic carbocycles. The minimum absolute atomic E-state index is 0.0463. The first kappa shape index (κ1) is 17.5. The summed E-state index contributed by atoms with van der Waals surface area (Å²) >= 11 is 6.32. The summed E-state index contributed by atoms with van der Waals surface area (Å²) in [7, 11) is 0. The van der Waals surface area contributed by atoms with Crippen molar-refractivity contribution < 1.29 is 14.4 Å². The Kier molecular flexibility index (Phi) is 4.51. The van der Waals surface area contributed by atoms with E-state index in [9.17, 15) is 4.79 Å². The molecule has 0 atom stereocenters. The number of benzene rings is 2. The molecule has 2 aromatic carbocycles. The van der Waals surface area contributed by atoms with Gasteiger partial charge in [-0.15, -0.1) is 0 Å². The van der Waals surface area contributed by atoms with Gasteiger partial charge in [-0.05, 0) is 38.1 Å². The van der Waals surface area contributed by atoms with Crippen LogP contribution in [0.25, 0.3) is 16.7 Å². The van der Waals surface area contributed by atoms with Crippen LogP contribution in [0.3, 0.4) is 0 Å². The van der Waals surface area contributed by atoms with Crippen LogP contribution in [0.1, 0.15) is 29.8 Å². The van der Waals surface area contributed by atoms with Gasteiger partial charge in [-0.1, -0.05) is 29.3 Å². The molecule has 0 spiro atoms. The molecule has 1 aromatic heterocycles. The van der Waals surface area contributed by atoms with E-state index < -0.39 is 0 Å². The number of hydrazine groups is 1. The molecule has 4 rings (SSSR count). The SMILES string of the molecule is CC(C)Oc1ccc(C2=CN(c3cccc4c(C=O)c[nH]c34)NO2)cc1Cl. The summed E-state index contributed by atoms with van der Waals surface area (Å²) in [6, 6.07) is 11.2. The number of halogens is 1. The number of aromatic amines is 1. The van der Waals surface area contributed by atoms with Crippen molar-refractivity contribution in [2.24, 2.45) is 0 Å². The zero-order chi connectivity index (χ0) is 19.0. The number of fused-ring (bicyclic) bond motifs is 1. The van der Waals surface area contributed by atoms with E-state index in [1.165, 1.54) is 0 Å². The molecule has 6 nitrogen and oxygen atoms in total. The Morgan fingerprint density at radius 1 is 1.26 bits per heavy atom. The smallest absolute Gasteiger partial charge is 0.174 e. The molecule has 2 N–H and O–H groups in total. The summed E-state index contributed by atoms with van der Waals surface area (Å²) < 4.78 is 5.66. The fourth-order valence-electron chi connectivity index (χ4n) is 2.98. The Bertz CT molecular complexity index is 1040. The Morgan fingerprint density at radius 2 is 2.11 bits per heavy atom. The highest BCUT2D eigenvalue weighted by Gasteiger charge is 2.20. The van der Waals surface area contributed by atoms with Crippen molar-refractivity contribution in [3.63, 3.8) is 0 Å². The molecule has 7 heteroatoms. The van der Waals surface area contributed by atoms with Crippen molar-refractivity contribution in [1.29, 1.82) is 0 Å². The van der Waals surface area contributed by atoms with Gasteiger partial charge in [-0.25, -0.2) is 5.01 Å². The Balaban J connectivity index is 1.65. The maximum Gasteiger partial charge on any atom is 0.174 e. The van der Waals surface area contributed by atoms with Crippen LogP contribution < -0.4 is 15.3 Å². The highest BCUT2D eigenvalue weighted by Crippen LogP contribution is 2.33. The van der Waals surface area contributed by atoms with E-state index in [1.54, 1.807) is 17.3 Å². The lowest BCUT2D eigenvalue weighted by Crippen LogP contribution is -2.27. The van der Waals surface area contributed by atoms with E-state index in [2.05, 4.69) is 10.6 Å². The average Bonchev–Trinajstić information content (AvgIpc) is 3.29. The molecule has 2 heterocycles. The Hall–Kier alpha value is -2.96. The number of aldehydes is 1. The van der Waals surface area contributed by atoms with Gasteiger partial charge in [0.15, 0.2) is 12.0 Å². The lowest BCUT2D eigenvalue weighted by Gasteiger charge is -2.14. The number of hydrogen-bond acceptors (Lipinski definition) is 5. The normalized spacial score (nSPS) is 13.8. The molecule has 0 amide bonds. The molecular weight excluding hydrogens is 366 g/mol. The van der Waals surface area contributed by atoms with Crippen molar-refractivity contribution in [1.82, 2.24) is 10.6 Å². The number of rotatable bonds is 5. The minimum Gasteiger partial charge on any atom is -0.489 e. The number of ether oxygens (including phenoxy) is 1. The number of nitrogens with one attached hydrogen (secondary N) is 2. The quantitative estimate of drug-likeness (QED) is 0.626. The molecule has 0 fully saturated rings. The van der Waals surface area contributed by atoms with Crippen LogP contribution in [0, 0.1) is 0 Å². The maximum absolute atomic E-state index is 11.2. The van der Waals surface area contributed by atoms with Crippen LogP contribution in [-0.4, -0.2) is 17.4 Å². The Labute approximate surface area is 161 Å². The zero-order valence-electron chi connectivity index (χ0n) is 14.8. The van der Waals surface area contributed by atoms with Gasteiger partial charge in [0.25, 0.3) is 0 Å². The van der Waals surface area contributed by atoms with Gasteiger partial charge < -0.3 is 14.6 Å². The standard InChI is InChI=1S/C20H18ClN3O3/c1-12(2)26-18-7-6-13(8-16(18)21)19-10-24(23-27-19)17-5-3-4-15-14(11-25)9-22-20(15)17/h3-12,22-23H,1-2H3. The van der Waals surface area contributed by atoms with Crippen LogP contribution in [-0.2, 0) is 4.84 Å². The van der Waals surface area contributed by atoms with Crippen molar-refractivity contribution in [3.8, 4) is 5.75 Å². The summed E-state index contributed by atoms with van der Waals surface area (Å²) in [5.41, 5.74) is 5.97. The lowest BCUT2D eigenvalue weighted by atomic mass is 10.1. The topological polar surface area (TPSA) is 66.6 Å². The number of nitrogens with zero attached hydrogens (tertiary/aromatic N) is 1. The van der Waals surface area contributed by atoms with Gasteiger partial charge in [0, 0.05) is 22.7 Å². The molecule has 27 heavy (non-hydrogen) atoms. The van der Waals surface area contributed by atoms with Crippen molar-refractivity contribution >= 4 is 40.2 Å². The molecule has 0 saturated heterocycles. The fourth-order valence-corrected chi connectivity index (χ4v) is 3.21. The first-order valence-corrected chi connectivity index (χ1v) is 8.90. The van der Waals surface area contributed by atoms with Crippen molar-refractivity contribution in [3.05, 3.63) is 64.9 Å². The molecular formula is C20H18ClN3O3.